The molecule has 1 aromatic rings. The summed E-state index contributed by atoms with van der Waals surface area (Å²) in [4.78, 5) is 11.9. The fourth-order valence-corrected chi connectivity index (χ4v) is 2.83. The van der Waals surface area contributed by atoms with Gasteiger partial charge in [0.15, 0.2) is 0 Å². The van der Waals surface area contributed by atoms with Crippen LogP contribution < -0.4 is 5.32 Å². The van der Waals surface area contributed by atoms with Crippen LogP contribution in [-0.4, -0.2) is 44.5 Å². The number of rotatable bonds is 7. The van der Waals surface area contributed by atoms with Crippen LogP contribution in [0.25, 0.3) is 0 Å². The molecule has 0 aliphatic heterocycles. The van der Waals surface area contributed by atoms with Gasteiger partial charge in [-0.2, -0.15) is 0 Å². The summed E-state index contributed by atoms with van der Waals surface area (Å²) in [5.41, 5.74) is 0.807. The Morgan fingerprint density at radius 2 is 2.05 bits per heavy atom. The number of hydrogen-bond donors (Lipinski definition) is 1. The SMILES string of the molecule is CCN(CCCNC(=O)c1ccc(F)c(C)c1)S(C)(=O)=O. The molecule has 7 heteroatoms. The summed E-state index contributed by atoms with van der Waals surface area (Å²) < 4.78 is 37.2. The van der Waals surface area contributed by atoms with Crippen LogP contribution in [0.15, 0.2) is 18.2 Å². The van der Waals surface area contributed by atoms with Crippen LogP contribution in [0.1, 0.15) is 29.3 Å². The first-order chi connectivity index (χ1) is 9.75. The maximum Gasteiger partial charge on any atom is 0.251 e. The first-order valence-electron chi connectivity index (χ1n) is 6.75. The van der Waals surface area contributed by atoms with Gasteiger partial charge in [-0.1, -0.05) is 6.92 Å². The lowest BCUT2D eigenvalue weighted by Gasteiger charge is -2.17. The second kappa shape index (κ2) is 7.51. The Kier molecular flexibility index (Phi) is 6.29. The van der Waals surface area contributed by atoms with Gasteiger partial charge in [0.2, 0.25) is 10.0 Å². The Labute approximate surface area is 125 Å². The highest BCUT2D eigenvalue weighted by atomic mass is 32.2. The van der Waals surface area contributed by atoms with Crippen molar-refractivity contribution in [3.8, 4) is 0 Å². The lowest BCUT2D eigenvalue weighted by atomic mass is 10.1. The zero-order chi connectivity index (χ0) is 16.0. The van der Waals surface area contributed by atoms with Gasteiger partial charge < -0.3 is 5.32 Å². The van der Waals surface area contributed by atoms with E-state index in [1.807, 2.05) is 0 Å². The Morgan fingerprint density at radius 1 is 1.38 bits per heavy atom. The van der Waals surface area contributed by atoms with Crippen molar-refractivity contribution in [1.29, 1.82) is 0 Å². The number of halogens is 1. The molecule has 0 heterocycles. The van der Waals surface area contributed by atoms with E-state index in [1.54, 1.807) is 13.8 Å². The molecule has 0 fully saturated rings. The molecule has 0 atom stereocenters. The van der Waals surface area contributed by atoms with Crippen LogP contribution >= 0.6 is 0 Å². The lowest BCUT2D eigenvalue weighted by molar-refractivity contribution is 0.0952. The van der Waals surface area contributed by atoms with Crippen LogP contribution in [0.3, 0.4) is 0 Å². The number of amides is 1. The highest BCUT2D eigenvalue weighted by Gasteiger charge is 2.13. The van der Waals surface area contributed by atoms with Crippen molar-refractivity contribution in [2.24, 2.45) is 0 Å². The maximum atomic E-state index is 13.1. The fraction of sp³-hybridized carbons (Fsp3) is 0.500. The minimum atomic E-state index is -3.20. The van der Waals surface area contributed by atoms with Crippen molar-refractivity contribution < 1.29 is 17.6 Å². The van der Waals surface area contributed by atoms with E-state index in [0.717, 1.165) is 6.26 Å². The molecule has 0 unspecified atom stereocenters. The number of benzene rings is 1. The number of aryl methyl sites for hydroxylation is 1. The normalized spacial score (nSPS) is 11.7. The van der Waals surface area contributed by atoms with Gasteiger partial charge in [0.25, 0.3) is 5.91 Å². The van der Waals surface area contributed by atoms with Gasteiger partial charge in [-0.05, 0) is 37.1 Å². The molecule has 0 aliphatic carbocycles. The summed E-state index contributed by atoms with van der Waals surface area (Å²) in [6, 6.07) is 4.17. The van der Waals surface area contributed by atoms with E-state index in [2.05, 4.69) is 5.32 Å². The van der Waals surface area contributed by atoms with Gasteiger partial charge in [-0.3, -0.25) is 4.79 Å². The zero-order valence-electron chi connectivity index (χ0n) is 12.5. The maximum absolute atomic E-state index is 13.1. The number of hydrogen-bond acceptors (Lipinski definition) is 3. The first-order valence-corrected chi connectivity index (χ1v) is 8.60. The van der Waals surface area contributed by atoms with Crippen molar-refractivity contribution in [2.75, 3.05) is 25.9 Å². The van der Waals surface area contributed by atoms with E-state index in [-0.39, 0.29) is 11.7 Å². The molecule has 0 aromatic heterocycles. The monoisotopic (exact) mass is 316 g/mol. The molecular weight excluding hydrogens is 295 g/mol. The molecule has 21 heavy (non-hydrogen) atoms. The minimum Gasteiger partial charge on any atom is -0.352 e. The average Bonchev–Trinajstić information content (AvgIpc) is 2.40. The highest BCUT2D eigenvalue weighted by Crippen LogP contribution is 2.09. The van der Waals surface area contributed by atoms with Crippen LogP contribution in [0, 0.1) is 12.7 Å². The molecule has 1 rings (SSSR count). The second-order valence-electron chi connectivity index (χ2n) is 4.83. The van der Waals surface area contributed by atoms with Crippen LogP contribution in [-0.2, 0) is 10.0 Å². The first kappa shape index (κ1) is 17.6. The van der Waals surface area contributed by atoms with Gasteiger partial charge in [-0.15, -0.1) is 0 Å². The Morgan fingerprint density at radius 3 is 2.57 bits per heavy atom. The van der Waals surface area contributed by atoms with E-state index in [4.69, 9.17) is 0 Å². The predicted molar refractivity (Wildman–Crippen MR) is 80.2 cm³/mol. The van der Waals surface area contributed by atoms with Gasteiger partial charge in [-0.25, -0.2) is 17.1 Å². The topological polar surface area (TPSA) is 66.5 Å². The molecule has 118 valence electrons. The molecule has 1 N–H and O–H groups in total. The van der Waals surface area contributed by atoms with Crippen molar-refractivity contribution >= 4 is 15.9 Å². The van der Waals surface area contributed by atoms with Gasteiger partial charge in [0.1, 0.15) is 5.82 Å². The standard InChI is InChI=1S/C14H21FN2O3S/c1-4-17(21(3,19)20)9-5-8-16-14(18)12-6-7-13(15)11(2)10-12/h6-7,10H,4-5,8-9H2,1-3H3,(H,16,18). The zero-order valence-corrected chi connectivity index (χ0v) is 13.3. The number of carbonyl (C=O) groups excluding carboxylic acids is 1. The van der Waals surface area contributed by atoms with E-state index < -0.39 is 10.0 Å². The van der Waals surface area contributed by atoms with Crippen molar-refractivity contribution in [1.82, 2.24) is 9.62 Å². The quantitative estimate of drug-likeness (QED) is 0.776. The number of sulfonamides is 1. The molecule has 0 bridgehead atoms. The van der Waals surface area contributed by atoms with Gasteiger partial charge >= 0.3 is 0 Å². The highest BCUT2D eigenvalue weighted by molar-refractivity contribution is 7.88. The largest absolute Gasteiger partial charge is 0.352 e. The summed E-state index contributed by atoms with van der Waals surface area (Å²) in [6.07, 6.45) is 1.68. The van der Waals surface area contributed by atoms with E-state index in [0.29, 0.717) is 37.2 Å². The van der Waals surface area contributed by atoms with Crippen molar-refractivity contribution in [2.45, 2.75) is 20.3 Å². The summed E-state index contributed by atoms with van der Waals surface area (Å²) >= 11 is 0. The van der Waals surface area contributed by atoms with Crippen LogP contribution in [0.5, 0.6) is 0 Å². The van der Waals surface area contributed by atoms with E-state index in [9.17, 15) is 17.6 Å². The van der Waals surface area contributed by atoms with Crippen molar-refractivity contribution in [3.63, 3.8) is 0 Å². The van der Waals surface area contributed by atoms with Crippen molar-refractivity contribution in [3.05, 3.63) is 35.1 Å². The minimum absolute atomic E-state index is 0.291. The fourth-order valence-electron chi connectivity index (χ4n) is 1.90. The number of nitrogens with one attached hydrogen (secondary N) is 1. The van der Waals surface area contributed by atoms with Gasteiger partial charge in [0, 0.05) is 25.2 Å². The number of carbonyl (C=O) groups is 1. The molecule has 0 saturated heterocycles. The third-order valence-electron chi connectivity index (χ3n) is 3.11. The molecule has 0 aliphatic rings. The van der Waals surface area contributed by atoms with E-state index in [1.165, 1.54) is 22.5 Å². The summed E-state index contributed by atoms with van der Waals surface area (Å²) in [5.74, 6) is -0.640. The Bertz CT molecular complexity index is 602. The predicted octanol–water partition coefficient (Wildman–Crippen LogP) is 1.54. The molecule has 5 nitrogen and oxygen atoms in total. The molecular formula is C14H21FN2O3S. The van der Waals surface area contributed by atoms with Crippen LogP contribution in [0.2, 0.25) is 0 Å². The summed E-state index contributed by atoms with van der Waals surface area (Å²) in [6.45, 7) is 4.49. The Hall–Kier alpha value is -1.47. The number of nitrogens with zero attached hydrogens (tertiary/aromatic N) is 1. The van der Waals surface area contributed by atoms with E-state index >= 15 is 0 Å². The molecule has 0 spiro atoms. The summed E-state index contributed by atoms with van der Waals surface area (Å²) in [5, 5.41) is 2.69. The second-order valence-corrected chi connectivity index (χ2v) is 6.81. The molecule has 0 saturated carbocycles. The smallest absolute Gasteiger partial charge is 0.251 e. The lowest BCUT2D eigenvalue weighted by Crippen LogP contribution is -2.33. The summed E-state index contributed by atoms with van der Waals surface area (Å²) in [7, 11) is -3.20. The van der Waals surface area contributed by atoms with Gasteiger partial charge in [0.05, 0.1) is 6.26 Å². The average molecular weight is 316 g/mol. The molecule has 1 aromatic carbocycles. The Balaban J connectivity index is 2.45. The van der Waals surface area contributed by atoms with Crippen LogP contribution in [0.4, 0.5) is 4.39 Å². The molecule has 1 amide bonds. The third-order valence-corrected chi connectivity index (χ3v) is 4.49. The molecule has 0 radical (unpaired) electrons. The third kappa shape index (κ3) is 5.43.